The summed E-state index contributed by atoms with van der Waals surface area (Å²) in [5.74, 6) is 0.828. The zero-order valence-corrected chi connectivity index (χ0v) is 10.6. The predicted octanol–water partition coefficient (Wildman–Crippen LogP) is 2.58. The number of aromatic nitrogens is 5. The van der Waals surface area contributed by atoms with Crippen LogP contribution in [0.15, 0.2) is 67.1 Å². The van der Waals surface area contributed by atoms with Crippen LogP contribution in [0.1, 0.15) is 0 Å². The standard InChI is InChI=1S/C15H11N5/c1-2-9-19-14(7-1)17-18-15(19)12-5-3-6-13(11-12)20-10-4-8-16-20/h1-11H. The molecule has 0 aliphatic heterocycles. The van der Waals surface area contributed by atoms with E-state index in [9.17, 15) is 0 Å². The van der Waals surface area contributed by atoms with Crippen molar-refractivity contribution in [1.29, 1.82) is 0 Å². The third-order valence-electron chi connectivity index (χ3n) is 3.19. The molecule has 0 amide bonds. The molecular formula is C15H11N5. The fraction of sp³-hybridized carbons (Fsp3) is 0. The van der Waals surface area contributed by atoms with Crippen molar-refractivity contribution < 1.29 is 0 Å². The number of benzene rings is 1. The summed E-state index contributed by atoms with van der Waals surface area (Å²) in [4.78, 5) is 0. The molecule has 0 atom stereocenters. The molecule has 0 spiro atoms. The van der Waals surface area contributed by atoms with Crippen molar-refractivity contribution in [2.45, 2.75) is 0 Å². The lowest BCUT2D eigenvalue weighted by atomic mass is 10.2. The van der Waals surface area contributed by atoms with E-state index in [0.29, 0.717) is 0 Å². The van der Waals surface area contributed by atoms with Gasteiger partial charge in [-0.2, -0.15) is 5.10 Å². The van der Waals surface area contributed by atoms with Crippen molar-refractivity contribution in [3.05, 3.63) is 67.1 Å². The molecule has 0 aliphatic carbocycles. The molecule has 4 rings (SSSR count). The zero-order valence-electron chi connectivity index (χ0n) is 10.6. The van der Waals surface area contributed by atoms with Gasteiger partial charge in [0.25, 0.3) is 0 Å². The van der Waals surface area contributed by atoms with Gasteiger partial charge in [-0.3, -0.25) is 4.40 Å². The lowest BCUT2D eigenvalue weighted by Gasteiger charge is -2.04. The number of pyridine rings is 1. The molecule has 5 nitrogen and oxygen atoms in total. The maximum absolute atomic E-state index is 4.27. The van der Waals surface area contributed by atoms with Crippen LogP contribution in [0.4, 0.5) is 0 Å². The summed E-state index contributed by atoms with van der Waals surface area (Å²) < 4.78 is 3.80. The van der Waals surface area contributed by atoms with E-state index in [1.54, 1.807) is 6.20 Å². The maximum atomic E-state index is 4.27. The van der Waals surface area contributed by atoms with Gasteiger partial charge in [-0.25, -0.2) is 4.68 Å². The van der Waals surface area contributed by atoms with Gasteiger partial charge in [0.1, 0.15) is 0 Å². The summed E-state index contributed by atoms with van der Waals surface area (Å²) in [6.07, 6.45) is 5.64. The molecular weight excluding hydrogens is 250 g/mol. The molecule has 20 heavy (non-hydrogen) atoms. The SMILES string of the molecule is c1cc(-c2nnc3ccccn23)cc(-n2cccn2)c1. The van der Waals surface area contributed by atoms with Crippen LogP contribution in [-0.4, -0.2) is 24.4 Å². The average Bonchev–Trinajstić information content (AvgIpc) is 3.17. The summed E-state index contributed by atoms with van der Waals surface area (Å²) in [7, 11) is 0. The van der Waals surface area contributed by atoms with Gasteiger partial charge in [0.05, 0.1) is 5.69 Å². The molecule has 4 aromatic rings. The number of hydrogen-bond acceptors (Lipinski definition) is 3. The van der Waals surface area contributed by atoms with Crippen molar-refractivity contribution in [2.24, 2.45) is 0 Å². The van der Waals surface area contributed by atoms with Gasteiger partial charge >= 0.3 is 0 Å². The minimum Gasteiger partial charge on any atom is -0.282 e. The first-order valence-electron chi connectivity index (χ1n) is 6.32. The third kappa shape index (κ3) is 1.68. The summed E-state index contributed by atoms with van der Waals surface area (Å²) in [5.41, 5.74) is 2.85. The first-order valence-corrected chi connectivity index (χ1v) is 6.32. The Morgan fingerprint density at radius 1 is 0.850 bits per heavy atom. The van der Waals surface area contributed by atoms with E-state index in [1.165, 1.54) is 0 Å². The summed E-state index contributed by atoms with van der Waals surface area (Å²) in [6, 6.07) is 15.8. The Hall–Kier alpha value is -2.95. The number of nitrogens with zero attached hydrogens (tertiary/aromatic N) is 5. The smallest absolute Gasteiger partial charge is 0.168 e. The van der Waals surface area contributed by atoms with Crippen molar-refractivity contribution in [2.75, 3.05) is 0 Å². The van der Waals surface area contributed by atoms with Gasteiger partial charge in [-0.05, 0) is 30.3 Å². The molecule has 0 radical (unpaired) electrons. The Morgan fingerprint density at radius 3 is 2.75 bits per heavy atom. The second-order valence-electron chi connectivity index (χ2n) is 4.45. The molecule has 3 heterocycles. The Labute approximate surface area is 115 Å². The van der Waals surface area contributed by atoms with Crippen LogP contribution in [0.2, 0.25) is 0 Å². The summed E-state index contributed by atoms with van der Waals surface area (Å²) in [6.45, 7) is 0. The topological polar surface area (TPSA) is 48.0 Å². The Morgan fingerprint density at radius 2 is 1.85 bits per heavy atom. The largest absolute Gasteiger partial charge is 0.282 e. The van der Waals surface area contributed by atoms with Crippen LogP contribution in [0.3, 0.4) is 0 Å². The van der Waals surface area contributed by atoms with E-state index in [1.807, 2.05) is 63.9 Å². The molecule has 0 N–H and O–H groups in total. The average molecular weight is 261 g/mol. The van der Waals surface area contributed by atoms with E-state index in [4.69, 9.17) is 0 Å². The van der Waals surface area contributed by atoms with Crippen molar-refractivity contribution in [1.82, 2.24) is 24.4 Å². The van der Waals surface area contributed by atoms with E-state index in [2.05, 4.69) is 21.4 Å². The van der Waals surface area contributed by atoms with E-state index >= 15 is 0 Å². The number of fused-ring (bicyclic) bond motifs is 1. The maximum Gasteiger partial charge on any atom is 0.168 e. The fourth-order valence-electron chi connectivity index (χ4n) is 2.25. The molecule has 5 heteroatoms. The van der Waals surface area contributed by atoms with Crippen molar-refractivity contribution in [3.63, 3.8) is 0 Å². The van der Waals surface area contributed by atoms with Crippen LogP contribution < -0.4 is 0 Å². The fourth-order valence-corrected chi connectivity index (χ4v) is 2.25. The second-order valence-corrected chi connectivity index (χ2v) is 4.45. The van der Waals surface area contributed by atoms with Crippen LogP contribution in [0, 0.1) is 0 Å². The van der Waals surface area contributed by atoms with Gasteiger partial charge < -0.3 is 0 Å². The van der Waals surface area contributed by atoms with Crippen molar-refractivity contribution in [3.8, 4) is 17.1 Å². The van der Waals surface area contributed by atoms with Crippen LogP contribution >= 0.6 is 0 Å². The number of hydrogen-bond donors (Lipinski definition) is 0. The first-order chi connectivity index (χ1) is 9.92. The van der Waals surface area contributed by atoms with Crippen LogP contribution in [0.25, 0.3) is 22.7 Å². The lowest BCUT2D eigenvalue weighted by molar-refractivity contribution is 0.880. The second kappa shape index (κ2) is 4.31. The van der Waals surface area contributed by atoms with E-state index in [-0.39, 0.29) is 0 Å². The van der Waals surface area contributed by atoms with Gasteiger partial charge in [0, 0.05) is 24.2 Å². The van der Waals surface area contributed by atoms with E-state index in [0.717, 1.165) is 22.7 Å². The Kier molecular flexibility index (Phi) is 2.35. The monoisotopic (exact) mass is 261 g/mol. The Balaban J connectivity index is 1.88. The molecule has 0 aliphatic rings. The van der Waals surface area contributed by atoms with Gasteiger partial charge in [-0.1, -0.05) is 18.2 Å². The first kappa shape index (κ1) is 10.9. The molecule has 0 fully saturated rings. The highest BCUT2D eigenvalue weighted by Crippen LogP contribution is 2.20. The molecule has 0 unspecified atom stereocenters. The Bertz CT molecular complexity index is 861. The molecule has 0 bridgehead atoms. The molecule has 0 saturated heterocycles. The van der Waals surface area contributed by atoms with E-state index < -0.39 is 0 Å². The normalized spacial score (nSPS) is 11.0. The summed E-state index contributed by atoms with van der Waals surface area (Å²) in [5, 5.41) is 12.7. The van der Waals surface area contributed by atoms with Crippen LogP contribution in [0.5, 0.6) is 0 Å². The van der Waals surface area contributed by atoms with Gasteiger partial charge in [-0.15, -0.1) is 10.2 Å². The highest BCUT2D eigenvalue weighted by Gasteiger charge is 2.08. The molecule has 0 saturated carbocycles. The van der Waals surface area contributed by atoms with Gasteiger partial charge in [0.2, 0.25) is 0 Å². The minimum absolute atomic E-state index is 0.828. The summed E-state index contributed by atoms with van der Waals surface area (Å²) >= 11 is 0. The third-order valence-corrected chi connectivity index (χ3v) is 3.19. The van der Waals surface area contributed by atoms with Crippen molar-refractivity contribution >= 4 is 5.65 Å². The predicted molar refractivity (Wildman–Crippen MR) is 75.5 cm³/mol. The molecule has 1 aromatic carbocycles. The highest BCUT2D eigenvalue weighted by atomic mass is 15.3. The highest BCUT2D eigenvalue weighted by molar-refractivity contribution is 5.62. The number of rotatable bonds is 2. The quantitative estimate of drug-likeness (QED) is 0.557. The zero-order chi connectivity index (χ0) is 13.4. The molecule has 3 aromatic heterocycles. The lowest BCUT2D eigenvalue weighted by Crippen LogP contribution is -1.95. The minimum atomic E-state index is 0.828. The molecule has 96 valence electrons. The van der Waals surface area contributed by atoms with Gasteiger partial charge in [0.15, 0.2) is 11.5 Å². The van der Waals surface area contributed by atoms with Crippen LogP contribution in [-0.2, 0) is 0 Å².